The topological polar surface area (TPSA) is 74.3 Å². The van der Waals surface area contributed by atoms with Gasteiger partial charge in [0.05, 0.1) is 25.5 Å². The third-order valence-corrected chi connectivity index (χ3v) is 4.48. The molecule has 28 heavy (non-hydrogen) atoms. The number of nitrogens with one attached hydrogen (secondary N) is 3. The largest absolute Gasteiger partial charge is 0.496 e. The number of H-pyrrole nitrogens is 1. The first-order valence-electron chi connectivity index (χ1n) is 9.37. The highest BCUT2D eigenvalue weighted by molar-refractivity contribution is 5.79. The lowest BCUT2D eigenvalue weighted by atomic mass is 10.1. The molecule has 1 aromatic heterocycles. The van der Waals surface area contributed by atoms with Gasteiger partial charge in [0.25, 0.3) is 0 Å². The minimum absolute atomic E-state index is 0.570. The zero-order valence-corrected chi connectivity index (χ0v) is 16.6. The van der Waals surface area contributed by atoms with E-state index >= 15 is 0 Å². The molecule has 1 heterocycles. The van der Waals surface area contributed by atoms with E-state index in [1.807, 2.05) is 30.5 Å². The van der Waals surface area contributed by atoms with E-state index in [1.54, 1.807) is 14.2 Å². The van der Waals surface area contributed by atoms with Gasteiger partial charge in [0.1, 0.15) is 11.6 Å². The normalized spacial score (nSPS) is 11.3. The van der Waals surface area contributed by atoms with Gasteiger partial charge in [0, 0.05) is 13.6 Å². The first-order chi connectivity index (χ1) is 13.7. The SMILES string of the molecule is CN=C(NCCc1cc(C)ccc1OC)NCc1ncc(-c2ccccc2)[nH]1. The molecule has 3 aromatic rings. The molecule has 6 heteroatoms. The van der Waals surface area contributed by atoms with Crippen molar-refractivity contribution in [2.24, 2.45) is 4.99 Å². The van der Waals surface area contributed by atoms with E-state index in [9.17, 15) is 0 Å². The zero-order valence-electron chi connectivity index (χ0n) is 16.6. The fourth-order valence-corrected chi connectivity index (χ4v) is 3.02. The number of hydrogen-bond donors (Lipinski definition) is 3. The second kappa shape index (κ2) is 9.60. The average Bonchev–Trinajstić information content (AvgIpc) is 3.20. The predicted octanol–water partition coefficient (Wildman–Crippen LogP) is 3.30. The van der Waals surface area contributed by atoms with Crippen molar-refractivity contribution in [3.8, 4) is 17.0 Å². The van der Waals surface area contributed by atoms with E-state index in [0.29, 0.717) is 6.54 Å². The number of benzene rings is 2. The summed E-state index contributed by atoms with van der Waals surface area (Å²) in [5.41, 5.74) is 4.54. The lowest BCUT2D eigenvalue weighted by molar-refractivity contribution is 0.409. The van der Waals surface area contributed by atoms with E-state index in [2.05, 4.69) is 56.8 Å². The molecular formula is C22H27N5O. The van der Waals surface area contributed by atoms with Gasteiger partial charge in [0.15, 0.2) is 5.96 Å². The molecule has 0 atom stereocenters. The number of aryl methyl sites for hydroxylation is 1. The number of aromatic nitrogens is 2. The maximum atomic E-state index is 5.44. The van der Waals surface area contributed by atoms with Crippen molar-refractivity contribution >= 4 is 5.96 Å². The molecule has 6 nitrogen and oxygen atoms in total. The van der Waals surface area contributed by atoms with E-state index in [-0.39, 0.29) is 0 Å². The zero-order chi connectivity index (χ0) is 19.8. The van der Waals surface area contributed by atoms with E-state index in [1.165, 1.54) is 11.1 Å². The molecule has 0 radical (unpaired) electrons. The van der Waals surface area contributed by atoms with Crippen molar-refractivity contribution in [3.05, 3.63) is 71.7 Å². The van der Waals surface area contributed by atoms with Gasteiger partial charge in [-0.05, 0) is 30.5 Å². The van der Waals surface area contributed by atoms with E-state index < -0.39 is 0 Å². The number of guanidine groups is 1. The fraction of sp³-hybridized carbons (Fsp3) is 0.273. The third kappa shape index (κ3) is 5.13. The summed E-state index contributed by atoms with van der Waals surface area (Å²) in [5.74, 6) is 2.52. The van der Waals surface area contributed by atoms with Crippen molar-refractivity contribution in [3.63, 3.8) is 0 Å². The van der Waals surface area contributed by atoms with Gasteiger partial charge in [-0.25, -0.2) is 4.98 Å². The van der Waals surface area contributed by atoms with Crippen LogP contribution < -0.4 is 15.4 Å². The Hall–Kier alpha value is -3.28. The first-order valence-corrected chi connectivity index (χ1v) is 9.37. The number of methoxy groups -OCH3 is 1. The average molecular weight is 377 g/mol. The van der Waals surface area contributed by atoms with Gasteiger partial charge in [-0.3, -0.25) is 4.99 Å². The number of rotatable bonds is 7. The van der Waals surface area contributed by atoms with Gasteiger partial charge >= 0.3 is 0 Å². The number of nitrogens with zero attached hydrogens (tertiary/aromatic N) is 2. The van der Waals surface area contributed by atoms with Crippen LogP contribution in [-0.2, 0) is 13.0 Å². The lowest BCUT2D eigenvalue weighted by Gasteiger charge is -2.13. The predicted molar refractivity (Wildman–Crippen MR) is 114 cm³/mol. The van der Waals surface area contributed by atoms with Crippen LogP contribution in [0.15, 0.2) is 59.7 Å². The van der Waals surface area contributed by atoms with Gasteiger partial charge in [0.2, 0.25) is 0 Å². The third-order valence-electron chi connectivity index (χ3n) is 4.48. The number of imidazole rings is 1. The van der Waals surface area contributed by atoms with Crippen LogP contribution in [0.25, 0.3) is 11.3 Å². The first kappa shape index (κ1) is 19.5. The highest BCUT2D eigenvalue weighted by Crippen LogP contribution is 2.19. The summed E-state index contributed by atoms with van der Waals surface area (Å²) in [6.45, 7) is 3.41. The van der Waals surface area contributed by atoms with E-state index in [4.69, 9.17) is 4.74 Å². The van der Waals surface area contributed by atoms with Crippen LogP contribution in [-0.4, -0.2) is 36.6 Å². The highest BCUT2D eigenvalue weighted by Gasteiger charge is 2.06. The van der Waals surface area contributed by atoms with Crippen LogP contribution in [0.4, 0.5) is 0 Å². The molecule has 0 saturated carbocycles. The van der Waals surface area contributed by atoms with E-state index in [0.717, 1.165) is 41.8 Å². The van der Waals surface area contributed by atoms with Crippen LogP contribution in [0.5, 0.6) is 5.75 Å². The van der Waals surface area contributed by atoms with Crippen molar-refractivity contribution in [2.45, 2.75) is 19.9 Å². The molecule has 2 aromatic carbocycles. The molecule has 0 unspecified atom stereocenters. The van der Waals surface area contributed by atoms with Gasteiger partial charge in [-0.15, -0.1) is 0 Å². The standard InChI is InChI=1S/C22H27N5O/c1-16-9-10-20(28-3)18(13-16)11-12-24-22(23-2)26-15-21-25-14-19(27-21)17-7-5-4-6-8-17/h4-10,13-14H,11-12,15H2,1-3H3,(H,25,27)(H2,23,24,26). The van der Waals surface area contributed by atoms with Crippen molar-refractivity contribution in [2.75, 3.05) is 20.7 Å². The fourth-order valence-electron chi connectivity index (χ4n) is 3.02. The summed E-state index contributed by atoms with van der Waals surface area (Å²) in [4.78, 5) is 12.1. The molecule has 0 spiro atoms. The van der Waals surface area contributed by atoms with Gasteiger partial charge in [-0.2, -0.15) is 0 Å². The molecule has 0 aliphatic heterocycles. The maximum absolute atomic E-state index is 5.44. The quantitative estimate of drug-likeness (QED) is 0.436. The molecule has 0 aliphatic rings. The monoisotopic (exact) mass is 377 g/mol. The van der Waals surface area contributed by atoms with Crippen molar-refractivity contribution in [1.82, 2.24) is 20.6 Å². The maximum Gasteiger partial charge on any atom is 0.191 e. The second-order valence-corrected chi connectivity index (χ2v) is 6.53. The molecule has 3 rings (SSSR count). The van der Waals surface area contributed by atoms with Crippen LogP contribution in [0.2, 0.25) is 0 Å². The summed E-state index contributed by atoms with van der Waals surface area (Å²) in [6, 6.07) is 16.4. The van der Waals surface area contributed by atoms with Gasteiger partial charge in [-0.1, -0.05) is 48.0 Å². The number of aliphatic imine (C=N–C) groups is 1. The Bertz CT molecular complexity index is 918. The summed E-state index contributed by atoms with van der Waals surface area (Å²) >= 11 is 0. The molecular weight excluding hydrogens is 350 g/mol. The molecule has 146 valence electrons. The molecule has 0 aliphatic carbocycles. The van der Waals surface area contributed by atoms with Crippen molar-refractivity contribution < 1.29 is 4.74 Å². The summed E-state index contributed by atoms with van der Waals surface area (Å²) in [7, 11) is 3.47. The molecule has 0 amide bonds. The molecule has 0 bridgehead atoms. The Labute approximate surface area is 166 Å². The summed E-state index contributed by atoms with van der Waals surface area (Å²) in [5, 5.41) is 6.63. The minimum Gasteiger partial charge on any atom is -0.496 e. The molecule has 0 fully saturated rings. The Balaban J connectivity index is 1.50. The number of aromatic amines is 1. The van der Waals surface area contributed by atoms with Gasteiger partial charge < -0.3 is 20.4 Å². The van der Waals surface area contributed by atoms with Crippen LogP contribution in [0, 0.1) is 6.92 Å². The lowest BCUT2D eigenvalue weighted by Crippen LogP contribution is -2.38. The number of hydrogen-bond acceptors (Lipinski definition) is 3. The second-order valence-electron chi connectivity index (χ2n) is 6.53. The number of ether oxygens (including phenoxy) is 1. The Morgan fingerprint density at radius 1 is 1.14 bits per heavy atom. The Kier molecular flexibility index (Phi) is 6.68. The van der Waals surface area contributed by atoms with Crippen LogP contribution >= 0.6 is 0 Å². The van der Waals surface area contributed by atoms with Crippen LogP contribution in [0.3, 0.4) is 0 Å². The van der Waals surface area contributed by atoms with Crippen molar-refractivity contribution in [1.29, 1.82) is 0 Å². The molecule has 3 N–H and O–H groups in total. The van der Waals surface area contributed by atoms with Crippen LogP contribution in [0.1, 0.15) is 17.0 Å². The highest BCUT2D eigenvalue weighted by atomic mass is 16.5. The Morgan fingerprint density at radius 2 is 1.96 bits per heavy atom. The summed E-state index contributed by atoms with van der Waals surface area (Å²) in [6.07, 6.45) is 2.71. The minimum atomic E-state index is 0.570. The summed E-state index contributed by atoms with van der Waals surface area (Å²) < 4.78 is 5.44. The smallest absolute Gasteiger partial charge is 0.191 e. The Morgan fingerprint density at radius 3 is 2.71 bits per heavy atom. The molecule has 0 saturated heterocycles.